The van der Waals surface area contributed by atoms with Gasteiger partial charge in [0.05, 0.1) is 24.1 Å². The molecule has 2 aromatic rings. The summed E-state index contributed by atoms with van der Waals surface area (Å²) in [7, 11) is 0. The average Bonchev–Trinajstić information content (AvgIpc) is 2.47. The predicted molar refractivity (Wildman–Crippen MR) is 77.1 cm³/mol. The van der Waals surface area contributed by atoms with Gasteiger partial charge in [-0.2, -0.15) is 0 Å². The second kappa shape index (κ2) is 6.77. The molecular weight excluding hydrogens is 252 g/mol. The lowest BCUT2D eigenvalue weighted by Crippen LogP contribution is -2.23. The molecule has 1 aromatic carbocycles. The summed E-state index contributed by atoms with van der Waals surface area (Å²) >= 11 is 0. The van der Waals surface area contributed by atoms with Gasteiger partial charge in [0.1, 0.15) is 0 Å². The van der Waals surface area contributed by atoms with Crippen molar-refractivity contribution >= 4 is 5.91 Å². The summed E-state index contributed by atoms with van der Waals surface area (Å²) in [4.78, 5) is 20.4. The van der Waals surface area contributed by atoms with Gasteiger partial charge in [-0.05, 0) is 37.6 Å². The van der Waals surface area contributed by atoms with Crippen LogP contribution in [0.1, 0.15) is 27.3 Å². The number of amides is 1. The molecule has 1 heterocycles. The number of aromatic nitrogens is 2. The number of nitrogens with one attached hydrogen (secondary N) is 1. The Labute approximate surface area is 118 Å². The summed E-state index contributed by atoms with van der Waals surface area (Å²) in [6.45, 7) is 2.82. The van der Waals surface area contributed by atoms with Crippen molar-refractivity contribution in [1.29, 1.82) is 0 Å². The number of aryl methyl sites for hydroxylation is 1. The molecule has 0 fully saturated rings. The third-order valence-electron chi connectivity index (χ3n) is 2.89. The fourth-order valence-electron chi connectivity index (χ4n) is 1.82. The summed E-state index contributed by atoms with van der Waals surface area (Å²) in [5, 5.41) is 2.83. The minimum Gasteiger partial charge on any atom is -0.346 e. The van der Waals surface area contributed by atoms with Gasteiger partial charge < -0.3 is 11.1 Å². The smallest absolute Gasteiger partial charge is 0.251 e. The highest BCUT2D eigenvalue weighted by Crippen LogP contribution is 2.06. The van der Waals surface area contributed by atoms with Crippen molar-refractivity contribution in [3.8, 4) is 0 Å². The molecule has 0 saturated heterocycles. The molecule has 1 aromatic heterocycles. The summed E-state index contributed by atoms with van der Waals surface area (Å²) < 4.78 is 0. The van der Waals surface area contributed by atoms with E-state index < -0.39 is 0 Å². The Balaban J connectivity index is 1.97. The maximum atomic E-state index is 12.1. The van der Waals surface area contributed by atoms with E-state index in [1.807, 2.05) is 25.1 Å². The Bertz CT molecular complexity index is 581. The second-order valence-electron chi connectivity index (χ2n) is 4.57. The molecular formula is C15H18N4O. The summed E-state index contributed by atoms with van der Waals surface area (Å²) in [6.07, 6.45) is 4.12. The van der Waals surface area contributed by atoms with Gasteiger partial charge in [0, 0.05) is 11.8 Å². The zero-order chi connectivity index (χ0) is 14.4. The quantitative estimate of drug-likeness (QED) is 0.856. The minimum atomic E-state index is -0.119. The molecule has 5 nitrogen and oxygen atoms in total. The zero-order valence-corrected chi connectivity index (χ0v) is 11.5. The third-order valence-corrected chi connectivity index (χ3v) is 2.89. The Morgan fingerprint density at radius 1 is 1.30 bits per heavy atom. The van der Waals surface area contributed by atoms with E-state index in [4.69, 9.17) is 5.73 Å². The number of hydrogen-bond donors (Lipinski definition) is 2. The monoisotopic (exact) mass is 270 g/mol. The maximum Gasteiger partial charge on any atom is 0.251 e. The van der Waals surface area contributed by atoms with Crippen LogP contribution in [-0.2, 0) is 13.0 Å². The van der Waals surface area contributed by atoms with Crippen molar-refractivity contribution < 1.29 is 4.79 Å². The van der Waals surface area contributed by atoms with Crippen LogP contribution in [0.5, 0.6) is 0 Å². The molecule has 0 aliphatic rings. The Hall–Kier alpha value is -2.27. The van der Waals surface area contributed by atoms with Crippen LogP contribution in [0.3, 0.4) is 0 Å². The van der Waals surface area contributed by atoms with Gasteiger partial charge in [-0.15, -0.1) is 0 Å². The zero-order valence-electron chi connectivity index (χ0n) is 11.5. The number of nitrogens with zero attached hydrogens (tertiary/aromatic N) is 2. The molecule has 0 bridgehead atoms. The van der Waals surface area contributed by atoms with E-state index in [1.54, 1.807) is 18.5 Å². The third kappa shape index (κ3) is 3.86. The van der Waals surface area contributed by atoms with E-state index >= 15 is 0 Å². The van der Waals surface area contributed by atoms with E-state index in [9.17, 15) is 4.79 Å². The van der Waals surface area contributed by atoms with Crippen LogP contribution in [0.25, 0.3) is 0 Å². The topological polar surface area (TPSA) is 80.9 Å². The molecule has 0 saturated carbocycles. The first-order valence-corrected chi connectivity index (χ1v) is 6.54. The van der Waals surface area contributed by atoms with Crippen molar-refractivity contribution in [3.63, 3.8) is 0 Å². The van der Waals surface area contributed by atoms with E-state index in [0.29, 0.717) is 18.7 Å². The number of nitrogens with two attached hydrogens (primary N) is 1. The van der Waals surface area contributed by atoms with Gasteiger partial charge in [0.2, 0.25) is 0 Å². The maximum absolute atomic E-state index is 12.1. The lowest BCUT2D eigenvalue weighted by molar-refractivity contribution is 0.0950. The first kappa shape index (κ1) is 14.1. The molecule has 0 spiro atoms. The lowest BCUT2D eigenvalue weighted by atomic mass is 10.1. The van der Waals surface area contributed by atoms with Gasteiger partial charge in [0.25, 0.3) is 5.91 Å². The van der Waals surface area contributed by atoms with E-state index in [1.165, 1.54) is 0 Å². The van der Waals surface area contributed by atoms with Crippen molar-refractivity contribution in [2.45, 2.75) is 19.9 Å². The number of carbonyl (C=O) groups is 1. The highest BCUT2D eigenvalue weighted by molar-refractivity contribution is 5.94. The first-order valence-electron chi connectivity index (χ1n) is 6.54. The van der Waals surface area contributed by atoms with Gasteiger partial charge >= 0.3 is 0 Å². The number of benzene rings is 1. The second-order valence-corrected chi connectivity index (χ2v) is 4.57. The summed E-state index contributed by atoms with van der Waals surface area (Å²) in [6, 6.07) is 7.49. The fourth-order valence-corrected chi connectivity index (χ4v) is 1.82. The van der Waals surface area contributed by atoms with E-state index in [2.05, 4.69) is 15.3 Å². The largest absolute Gasteiger partial charge is 0.346 e. The van der Waals surface area contributed by atoms with Crippen molar-refractivity contribution in [1.82, 2.24) is 15.3 Å². The molecule has 2 rings (SSSR count). The van der Waals surface area contributed by atoms with Crippen molar-refractivity contribution in [2.24, 2.45) is 5.73 Å². The predicted octanol–water partition coefficient (Wildman–Crippen LogP) is 1.22. The van der Waals surface area contributed by atoms with Crippen LogP contribution in [-0.4, -0.2) is 22.4 Å². The fraction of sp³-hybridized carbons (Fsp3) is 0.267. The van der Waals surface area contributed by atoms with E-state index in [0.717, 1.165) is 23.4 Å². The number of hydrogen-bond acceptors (Lipinski definition) is 4. The molecule has 20 heavy (non-hydrogen) atoms. The standard InChI is InChI=1S/C15H18N4O/c1-11-8-18-14(9-17-11)10-19-15(20)13-4-2-3-12(7-13)5-6-16/h2-4,7-9H,5-6,10,16H2,1H3,(H,19,20). The number of carbonyl (C=O) groups excluding carboxylic acids is 1. The van der Waals surface area contributed by atoms with Crippen LogP contribution < -0.4 is 11.1 Å². The minimum absolute atomic E-state index is 0.119. The summed E-state index contributed by atoms with van der Waals surface area (Å²) in [5.74, 6) is -0.119. The average molecular weight is 270 g/mol. The van der Waals surface area contributed by atoms with Crippen molar-refractivity contribution in [3.05, 3.63) is 59.2 Å². The van der Waals surface area contributed by atoms with Gasteiger partial charge in [-0.25, -0.2) is 0 Å². The highest BCUT2D eigenvalue weighted by Gasteiger charge is 2.06. The highest BCUT2D eigenvalue weighted by atomic mass is 16.1. The first-order chi connectivity index (χ1) is 9.69. The van der Waals surface area contributed by atoms with E-state index in [-0.39, 0.29) is 5.91 Å². The number of rotatable bonds is 5. The molecule has 0 radical (unpaired) electrons. The van der Waals surface area contributed by atoms with Crippen LogP contribution in [0.4, 0.5) is 0 Å². The molecule has 3 N–H and O–H groups in total. The van der Waals surface area contributed by atoms with Gasteiger partial charge in [-0.3, -0.25) is 14.8 Å². The van der Waals surface area contributed by atoms with Crippen LogP contribution in [0, 0.1) is 6.92 Å². The molecule has 0 aliphatic carbocycles. The van der Waals surface area contributed by atoms with Gasteiger partial charge in [0.15, 0.2) is 0 Å². The molecule has 104 valence electrons. The molecule has 0 unspecified atom stereocenters. The molecule has 0 atom stereocenters. The SMILES string of the molecule is Cc1cnc(CNC(=O)c2cccc(CCN)c2)cn1. The molecule has 5 heteroatoms. The van der Waals surface area contributed by atoms with Crippen LogP contribution in [0.15, 0.2) is 36.7 Å². The van der Waals surface area contributed by atoms with Crippen molar-refractivity contribution in [2.75, 3.05) is 6.54 Å². The molecule has 1 amide bonds. The Kier molecular flexibility index (Phi) is 4.79. The Morgan fingerprint density at radius 2 is 2.15 bits per heavy atom. The Morgan fingerprint density at radius 3 is 2.85 bits per heavy atom. The van der Waals surface area contributed by atoms with Crippen LogP contribution in [0.2, 0.25) is 0 Å². The lowest BCUT2D eigenvalue weighted by Gasteiger charge is -2.06. The van der Waals surface area contributed by atoms with Crippen LogP contribution >= 0.6 is 0 Å². The molecule has 0 aliphatic heterocycles. The summed E-state index contributed by atoms with van der Waals surface area (Å²) in [5.41, 5.74) is 8.81. The normalized spacial score (nSPS) is 10.3. The van der Waals surface area contributed by atoms with Gasteiger partial charge in [-0.1, -0.05) is 12.1 Å².